The number of nitrogens with one attached hydrogen (secondary N) is 2. The number of nitrogens with zero attached hydrogens (tertiary/aromatic N) is 2. The molecule has 2 N–H and O–H groups in total. The summed E-state index contributed by atoms with van der Waals surface area (Å²) in [5.74, 6) is 0.0277. The van der Waals surface area contributed by atoms with E-state index in [0.717, 1.165) is 26.6 Å². The van der Waals surface area contributed by atoms with Crippen molar-refractivity contribution in [2.75, 3.05) is 6.54 Å². The molecule has 0 aromatic carbocycles. The monoisotopic (exact) mass is 310 g/mol. The van der Waals surface area contributed by atoms with E-state index in [0.29, 0.717) is 13.0 Å². The second kappa shape index (κ2) is 6.32. The van der Waals surface area contributed by atoms with Gasteiger partial charge in [-0.1, -0.05) is 0 Å². The van der Waals surface area contributed by atoms with Gasteiger partial charge >= 0.3 is 0 Å². The van der Waals surface area contributed by atoms with Crippen molar-refractivity contribution in [2.24, 2.45) is 7.05 Å². The van der Waals surface area contributed by atoms with Crippen LogP contribution in [0.1, 0.15) is 21.8 Å². The Morgan fingerprint density at radius 1 is 1.55 bits per heavy atom. The Hall–Kier alpha value is -1.47. The highest BCUT2D eigenvalue weighted by Gasteiger charge is 2.09. The molecule has 0 aliphatic carbocycles. The number of carbonyl (C=O) groups excluding carboxylic acids is 1. The van der Waals surface area contributed by atoms with Gasteiger partial charge in [-0.2, -0.15) is 5.10 Å². The minimum Gasteiger partial charge on any atom is -0.355 e. The smallest absolute Gasteiger partial charge is 0.225 e. The molecule has 0 spiro atoms. The molecule has 0 fully saturated rings. The molecule has 20 heavy (non-hydrogen) atoms. The highest BCUT2D eigenvalue weighted by atomic mass is 32.1. The fourth-order valence-corrected chi connectivity index (χ4v) is 3.23. The van der Waals surface area contributed by atoms with E-state index in [2.05, 4.69) is 15.4 Å². The fourth-order valence-electron chi connectivity index (χ4n) is 1.94. The quantitative estimate of drug-likeness (QED) is 0.831. The van der Waals surface area contributed by atoms with Crippen molar-refractivity contribution < 1.29 is 4.79 Å². The molecule has 7 heteroatoms. The van der Waals surface area contributed by atoms with Gasteiger partial charge in [0.25, 0.3) is 0 Å². The van der Waals surface area contributed by atoms with E-state index in [1.165, 1.54) is 16.9 Å². The average molecular weight is 310 g/mol. The molecule has 2 heterocycles. The van der Waals surface area contributed by atoms with Crippen LogP contribution in [-0.4, -0.2) is 27.2 Å². The number of amides is 1. The first kappa shape index (κ1) is 14.9. The lowest BCUT2D eigenvalue weighted by Crippen LogP contribution is -2.27. The number of hydrogen-bond acceptors (Lipinski definition) is 4. The minimum atomic E-state index is 0.0277. The summed E-state index contributed by atoms with van der Waals surface area (Å²) in [7, 11) is 1.92. The van der Waals surface area contributed by atoms with Crippen LogP contribution in [0.5, 0.6) is 0 Å². The number of aromatic nitrogens is 3. The number of H-pyrrole nitrogens is 1. The SMILES string of the molecule is Cc1[nH]c(=S)sc1CC(=O)NCCc1cnn(C)c1C. The summed E-state index contributed by atoms with van der Waals surface area (Å²) in [5, 5.41) is 7.12. The van der Waals surface area contributed by atoms with Gasteiger partial charge in [-0.3, -0.25) is 9.48 Å². The lowest BCUT2D eigenvalue weighted by atomic mass is 10.2. The average Bonchev–Trinajstić information content (AvgIpc) is 2.85. The Balaban J connectivity index is 1.82. The number of aromatic amines is 1. The zero-order valence-electron chi connectivity index (χ0n) is 11.8. The Bertz CT molecular complexity index is 668. The van der Waals surface area contributed by atoms with E-state index in [4.69, 9.17) is 12.2 Å². The van der Waals surface area contributed by atoms with Gasteiger partial charge in [-0.25, -0.2) is 0 Å². The number of carbonyl (C=O) groups is 1. The number of aryl methyl sites for hydroxylation is 2. The summed E-state index contributed by atoms with van der Waals surface area (Å²) in [6.07, 6.45) is 3.03. The largest absolute Gasteiger partial charge is 0.355 e. The lowest BCUT2D eigenvalue weighted by molar-refractivity contribution is -0.120. The van der Waals surface area contributed by atoms with Gasteiger partial charge in [0.15, 0.2) is 3.95 Å². The van der Waals surface area contributed by atoms with Crippen molar-refractivity contribution in [1.29, 1.82) is 0 Å². The molecule has 0 saturated carbocycles. The molecule has 0 bridgehead atoms. The van der Waals surface area contributed by atoms with E-state index in [1.54, 1.807) is 0 Å². The van der Waals surface area contributed by atoms with Crippen molar-refractivity contribution in [3.63, 3.8) is 0 Å². The van der Waals surface area contributed by atoms with E-state index in [-0.39, 0.29) is 5.91 Å². The molecule has 0 unspecified atom stereocenters. The summed E-state index contributed by atoms with van der Waals surface area (Å²) >= 11 is 6.53. The molecule has 2 aromatic heterocycles. The first-order valence-electron chi connectivity index (χ1n) is 6.40. The predicted molar refractivity (Wildman–Crippen MR) is 82.6 cm³/mol. The molecule has 0 aliphatic heterocycles. The molecule has 2 rings (SSSR count). The molecule has 0 atom stereocenters. The van der Waals surface area contributed by atoms with Crippen LogP contribution in [0.15, 0.2) is 6.20 Å². The maximum Gasteiger partial charge on any atom is 0.225 e. The van der Waals surface area contributed by atoms with Gasteiger partial charge in [0, 0.05) is 29.9 Å². The Morgan fingerprint density at radius 2 is 2.30 bits per heavy atom. The maximum absolute atomic E-state index is 11.9. The van der Waals surface area contributed by atoms with Crippen LogP contribution < -0.4 is 5.32 Å². The molecule has 108 valence electrons. The van der Waals surface area contributed by atoms with Crippen molar-refractivity contribution in [3.05, 3.63) is 32.0 Å². The minimum absolute atomic E-state index is 0.0277. The summed E-state index contributed by atoms with van der Waals surface area (Å²) in [6, 6.07) is 0. The molecular formula is C13H18N4OS2. The molecule has 0 saturated heterocycles. The van der Waals surface area contributed by atoms with Crippen molar-refractivity contribution in [2.45, 2.75) is 26.7 Å². The molecule has 5 nitrogen and oxygen atoms in total. The third-order valence-electron chi connectivity index (χ3n) is 3.30. The molecule has 0 radical (unpaired) electrons. The number of rotatable bonds is 5. The molecule has 0 aliphatic rings. The Morgan fingerprint density at radius 3 is 2.85 bits per heavy atom. The topological polar surface area (TPSA) is 62.7 Å². The van der Waals surface area contributed by atoms with Crippen LogP contribution in [0, 0.1) is 17.8 Å². The van der Waals surface area contributed by atoms with Gasteiger partial charge in [-0.15, -0.1) is 11.3 Å². The van der Waals surface area contributed by atoms with E-state index >= 15 is 0 Å². The zero-order valence-corrected chi connectivity index (χ0v) is 13.5. The van der Waals surface area contributed by atoms with Crippen molar-refractivity contribution in [3.8, 4) is 0 Å². The van der Waals surface area contributed by atoms with Gasteiger partial charge in [0.1, 0.15) is 0 Å². The predicted octanol–water partition coefficient (Wildman–Crippen LogP) is 2.06. The van der Waals surface area contributed by atoms with E-state index < -0.39 is 0 Å². The summed E-state index contributed by atoms with van der Waals surface area (Å²) in [4.78, 5) is 15.9. The van der Waals surface area contributed by atoms with Crippen LogP contribution in [0.4, 0.5) is 0 Å². The fraction of sp³-hybridized carbons (Fsp3) is 0.462. The highest BCUT2D eigenvalue weighted by molar-refractivity contribution is 7.73. The van der Waals surface area contributed by atoms with Crippen LogP contribution in [0.25, 0.3) is 0 Å². The lowest BCUT2D eigenvalue weighted by Gasteiger charge is -2.04. The van der Waals surface area contributed by atoms with Crippen LogP contribution in [0.2, 0.25) is 0 Å². The number of thiazole rings is 1. The second-order valence-electron chi connectivity index (χ2n) is 4.72. The Labute approximate surface area is 127 Å². The first-order chi connectivity index (χ1) is 9.47. The van der Waals surface area contributed by atoms with Gasteiger partial charge in [-0.05, 0) is 38.0 Å². The molecule has 2 aromatic rings. The second-order valence-corrected chi connectivity index (χ2v) is 6.49. The number of hydrogen-bond donors (Lipinski definition) is 2. The highest BCUT2D eigenvalue weighted by Crippen LogP contribution is 2.14. The van der Waals surface area contributed by atoms with Gasteiger partial charge in [0.2, 0.25) is 5.91 Å². The summed E-state index contributed by atoms with van der Waals surface area (Å²) in [6.45, 7) is 4.59. The standard InChI is InChI=1S/C13H18N4OS2/c1-8-11(20-13(19)16-8)6-12(18)14-5-4-10-7-15-17(3)9(10)2/h7H,4-6H2,1-3H3,(H,14,18)(H,16,19). The zero-order chi connectivity index (χ0) is 14.7. The van der Waals surface area contributed by atoms with Crippen LogP contribution in [-0.2, 0) is 24.7 Å². The molecule has 1 amide bonds. The third-order valence-corrected chi connectivity index (χ3v) is 4.63. The Kier molecular flexibility index (Phi) is 4.72. The summed E-state index contributed by atoms with van der Waals surface area (Å²) < 4.78 is 2.56. The van der Waals surface area contributed by atoms with Crippen molar-refractivity contribution in [1.82, 2.24) is 20.1 Å². The maximum atomic E-state index is 11.9. The van der Waals surface area contributed by atoms with Gasteiger partial charge in [0.05, 0.1) is 12.6 Å². The van der Waals surface area contributed by atoms with Crippen molar-refractivity contribution >= 4 is 29.5 Å². The first-order valence-corrected chi connectivity index (χ1v) is 7.62. The third kappa shape index (κ3) is 3.55. The van der Waals surface area contributed by atoms with E-state index in [1.807, 2.05) is 31.8 Å². The van der Waals surface area contributed by atoms with Gasteiger partial charge < -0.3 is 10.3 Å². The normalized spacial score (nSPS) is 10.8. The van der Waals surface area contributed by atoms with Crippen LogP contribution in [0.3, 0.4) is 0 Å². The molecular weight excluding hydrogens is 292 g/mol. The van der Waals surface area contributed by atoms with Crippen LogP contribution >= 0.6 is 23.6 Å². The summed E-state index contributed by atoms with van der Waals surface area (Å²) in [5.41, 5.74) is 3.29. The van der Waals surface area contributed by atoms with E-state index in [9.17, 15) is 4.79 Å².